The summed E-state index contributed by atoms with van der Waals surface area (Å²) in [5, 5.41) is 0. The number of hydrogen-bond acceptors (Lipinski definition) is 3. The van der Waals surface area contributed by atoms with Crippen molar-refractivity contribution in [3.8, 4) is 0 Å². The number of nitrogens with zero attached hydrogens (tertiary/aromatic N) is 3. The fraction of sp³-hybridized carbons (Fsp3) is 0.250. The van der Waals surface area contributed by atoms with Gasteiger partial charge in [-0.15, -0.1) is 0 Å². The number of carbonyl (C=O) groups is 1. The normalized spacial score (nSPS) is 14.0. The van der Waals surface area contributed by atoms with Gasteiger partial charge in [0.25, 0.3) is 0 Å². The zero-order valence-corrected chi connectivity index (χ0v) is 14.2. The van der Waals surface area contributed by atoms with Crippen molar-refractivity contribution in [3.05, 3.63) is 51.2 Å². The average Bonchev–Trinajstić information content (AvgIpc) is 2.48. The largest absolute Gasteiger partial charge is 0.363 e. The van der Waals surface area contributed by atoms with Gasteiger partial charge >= 0.3 is 0 Å². The molecule has 0 N–H and O–H groups in total. The summed E-state index contributed by atoms with van der Waals surface area (Å²) in [4.78, 5) is 20.6. The molecule has 0 fully saturated rings. The molecule has 0 saturated carbocycles. The first kappa shape index (κ1) is 14.3. The number of amides is 1. The van der Waals surface area contributed by atoms with Crippen molar-refractivity contribution in [2.24, 2.45) is 0 Å². The summed E-state index contributed by atoms with van der Waals surface area (Å²) >= 11 is 2.30. The smallest absolute Gasteiger partial charge is 0.231 e. The molecule has 4 nitrogen and oxygen atoms in total. The van der Waals surface area contributed by atoms with Crippen LogP contribution in [0.3, 0.4) is 0 Å². The third-order valence-electron chi connectivity index (χ3n) is 3.68. The van der Waals surface area contributed by atoms with Gasteiger partial charge < -0.3 is 9.80 Å². The summed E-state index contributed by atoms with van der Waals surface area (Å²) in [6, 6.07) is 10.1. The molecule has 0 atom stereocenters. The first-order chi connectivity index (χ1) is 10.1. The van der Waals surface area contributed by atoms with Crippen molar-refractivity contribution in [1.82, 2.24) is 4.98 Å². The number of anilines is 2. The molecule has 2 aromatic rings. The topological polar surface area (TPSA) is 36.4 Å². The Morgan fingerprint density at radius 3 is 2.71 bits per heavy atom. The molecule has 3 rings (SSSR count). The Hall–Kier alpha value is -1.63. The van der Waals surface area contributed by atoms with Crippen molar-refractivity contribution in [3.63, 3.8) is 0 Å². The van der Waals surface area contributed by atoms with Gasteiger partial charge in [-0.3, -0.25) is 4.79 Å². The maximum atomic E-state index is 12.4. The standard InChI is InChI=1S/C16H16IN3O/c1-19(2)15-7-6-12(9-18-15)20-10-11-4-3-5-14(17)13(11)8-16(20)21/h3-7,9H,8,10H2,1-2H3. The van der Waals surface area contributed by atoms with Crippen molar-refractivity contribution >= 4 is 40.0 Å². The highest BCUT2D eigenvalue weighted by Crippen LogP contribution is 2.28. The van der Waals surface area contributed by atoms with Crippen molar-refractivity contribution < 1.29 is 4.79 Å². The summed E-state index contributed by atoms with van der Waals surface area (Å²) in [6.07, 6.45) is 2.23. The summed E-state index contributed by atoms with van der Waals surface area (Å²) in [6.45, 7) is 0.619. The lowest BCUT2D eigenvalue weighted by molar-refractivity contribution is -0.118. The van der Waals surface area contributed by atoms with Crippen LogP contribution in [-0.2, 0) is 17.8 Å². The molecule has 0 unspecified atom stereocenters. The highest BCUT2D eigenvalue weighted by Gasteiger charge is 2.25. The number of aromatic nitrogens is 1. The predicted molar refractivity (Wildman–Crippen MR) is 92.6 cm³/mol. The molecule has 1 aromatic carbocycles. The van der Waals surface area contributed by atoms with E-state index in [4.69, 9.17) is 0 Å². The molecule has 0 spiro atoms. The Morgan fingerprint density at radius 1 is 1.24 bits per heavy atom. The molecular formula is C16H16IN3O. The SMILES string of the molecule is CN(C)c1ccc(N2Cc3cccc(I)c3CC2=O)cn1. The van der Waals surface area contributed by atoms with Gasteiger partial charge in [-0.05, 0) is 51.9 Å². The van der Waals surface area contributed by atoms with E-state index >= 15 is 0 Å². The zero-order valence-electron chi connectivity index (χ0n) is 12.0. The molecule has 0 radical (unpaired) electrons. The summed E-state index contributed by atoms with van der Waals surface area (Å²) in [5.74, 6) is 1.02. The number of fused-ring (bicyclic) bond motifs is 1. The number of benzene rings is 1. The molecule has 0 saturated heterocycles. The van der Waals surface area contributed by atoms with E-state index in [0.717, 1.165) is 17.1 Å². The number of halogens is 1. The quantitative estimate of drug-likeness (QED) is 0.737. The number of hydrogen-bond donors (Lipinski definition) is 0. The van der Waals surface area contributed by atoms with Gasteiger partial charge in [-0.1, -0.05) is 12.1 Å². The molecule has 0 bridgehead atoms. The van der Waals surface area contributed by atoms with Crippen LogP contribution in [0.5, 0.6) is 0 Å². The fourth-order valence-electron chi connectivity index (χ4n) is 2.49. The van der Waals surface area contributed by atoms with E-state index in [1.807, 2.05) is 42.1 Å². The van der Waals surface area contributed by atoms with Crippen molar-refractivity contribution in [2.45, 2.75) is 13.0 Å². The zero-order chi connectivity index (χ0) is 15.0. The minimum absolute atomic E-state index is 0.131. The van der Waals surface area contributed by atoms with E-state index in [2.05, 4.69) is 39.7 Å². The Bertz CT molecular complexity index is 682. The Balaban J connectivity index is 1.92. The third-order valence-corrected chi connectivity index (χ3v) is 4.69. The number of carbonyl (C=O) groups excluding carboxylic acids is 1. The number of pyridine rings is 1. The van der Waals surface area contributed by atoms with E-state index in [1.165, 1.54) is 9.13 Å². The van der Waals surface area contributed by atoms with Gasteiger partial charge in [0.15, 0.2) is 0 Å². The Morgan fingerprint density at radius 2 is 2.05 bits per heavy atom. The Labute approximate surface area is 137 Å². The predicted octanol–water partition coefficient (Wildman–Crippen LogP) is 2.84. The maximum Gasteiger partial charge on any atom is 0.231 e. The maximum absolute atomic E-state index is 12.4. The highest BCUT2D eigenvalue weighted by molar-refractivity contribution is 14.1. The van der Waals surface area contributed by atoms with Crippen LogP contribution in [-0.4, -0.2) is 25.0 Å². The van der Waals surface area contributed by atoms with Gasteiger partial charge in [0, 0.05) is 17.7 Å². The fourth-order valence-corrected chi connectivity index (χ4v) is 3.24. The van der Waals surface area contributed by atoms with Crippen LogP contribution in [0.15, 0.2) is 36.5 Å². The number of rotatable bonds is 2. The van der Waals surface area contributed by atoms with E-state index in [9.17, 15) is 4.79 Å². The monoisotopic (exact) mass is 393 g/mol. The minimum atomic E-state index is 0.131. The van der Waals surface area contributed by atoms with Gasteiger partial charge in [-0.2, -0.15) is 0 Å². The molecule has 108 valence electrons. The summed E-state index contributed by atoms with van der Waals surface area (Å²) in [5.41, 5.74) is 3.24. The Kier molecular flexibility index (Phi) is 3.84. The van der Waals surface area contributed by atoms with E-state index in [0.29, 0.717) is 13.0 Å². The van der Waals surface area contributed by atoms with E-state index in [-0.39, 0.29) is 5.91 Å². The van der Waals surface area contributed by atoms with Crippen LogP contribution in [0.4, 0.5) is 11.5 Å². The lowest BCUT2D eigenvalue weighted by Crippen LogP contribution is -2.36. The molecule has 21 heavy (non-hydrogen) atoms. The van der Waals surface area contributed by atoms with Gasteiger partial charge in [0.1, 0.15) is 5.82 Å². The van der Waals surface area contributed by atoms with Crippen LogP contribution in [0.25, 0.3) is 0 Å². The van der Waals surface area contributed by atoms with E-state index in [1.54, 1.807) is 6.20 Å². The highest BCUT2D eigenvalue weighted by atomic mass is 127. The van der Waals surface area contributed by atoms with E-state index < -0.39 is 0 Å². The minimum Gasteiger partial charge on any atom is -0.363 e. The lowest BCUT2D eigenvalue weighted by atomic mass is 9.99. The molecular weight excluding hydrogens is 377 g/mol. The molecule has 2 heterocycles. The average molecular weight is 393 g/mol. The molecule has 1 aliphatic heterocycles. The second kappa shape index (κ2) is 5.63. The summed E-state index contributed by atoms with van der Waals surface area (Å²) < 4.78 is 1.17. The van der Waals surface area contributed by atoms with Crippen LogP contribution < -0.4 is 9.80 Å². The van der Waals surface area contributed by atoms with Crippen LogP contribution >= 0.6 is 22.6 Å². The first-order valence-electron chi connectivity index (χ1n) is 6.76. The van der Waals surface area contributed by atoms with Gasteiger partial charge in [0.05, 0.1) is 24.8 Å². The lowest BCUT2D eigenvalue weighted by Gasteiger charge is -2.29. The van der Waals surface area contributed by atoms with Crippen molar-refractivity contribution in [1.29, 1.82) is 0 Å². The van der Waals surface area contributed by atoms with Crippen LogP contribution in [0.2, 0.25) is 0 Å². The molecule has 1 amide bonds. The summed E-state index contributed by atoms with van der Waals surface area (Å²) in [7, 11) is 3.90. The first-order valence-corrected chi connectivity index (χ1v) is 7.84. The second-order valence-corrected chi connectivity index (χ2v) is 6.47. The second-order valence-electron chi connectivity index (χ2n) is 5.30. The molecule has 5 heteroatoms. The van der Waals surface area contributed by atoms with Gasteiger partial charge in [-0.25, -0.2) is 4.98 Å². The molecule has 1 aliphatic rings. The molecule has 1 aromatic heterocycles. The molecule has 0 aliphatic carbocycles. The van der Waals surface area contributed by atoms with Crippen molar-refractivity contribution in [2.75, 3.05) is 23.9 Å². The third kappa shape index (κ3) is 2.74. The van der Waals surface area contributed by atoms with Gasteiger partial charge in [0.2, 0.25) is 5.91 Å². The van der Waals surface area contributed by atoms with Crippen LogP contribution in [0.1, 0.15) is 11.1 Å². The van der Waals surface area contributed by atoms with Crippen LogP contribution in [0, 0.1) is 3.57 Å².